The van der Waals surface area contributed by atoms with Crippen LogP contribution in [0.1, 0.15) is 0 Å². The Bertz CT molecular complexity index is 817. The maximum absolute atomic E-state index is 11.1. The van der Waals surface area contributed by atoms with E-state index in [1.165, 1.54) is 0 Å². The summed E-state index contributed by atoms with van der Waals surface area (Å²) in [6, 6.07) is 13.3. The SMILES string of the molecule is Nc1ncc([N+](=O)[O-])c(-c2ccc3ccccc3c2)n1. The molecule has 2 N–H and O–H groups in total. The number of hydrogen-bond donors (Lipinski definition) is 1. The highest BCUT2D eigenvalue weighted by molar-refractivity contribution is 5.88. The van der Waals surface area contributed by atoms with Crippen LogP contribution < -0.4 is 5.73 Å². The van der Waals surface area contributed by atoms with Crippen molar-refractivity contribution in [3.8, 4) is 11.3 Å². The number of nitrogens with two attached hydrogens (primary N) is 1. The van der Waals surface area contributed by atoms with Crippen LogP contribution in [0.5, 0.6) is 0 Å². The molecular weight excluding hydrogens is 256 g/mol. The molecule has 0 saturated carbocycles. The summed E-state index contributed by atoms with van der Waals surface area (Å²) in [5.41, 5.74) is 6.25. The molecule has 0 saturated heterocycles. The molecule has 1 heterocycles. The number of nitrogen functional groups attached to an aromatic ring is 1. The van der Waals surface area contributed by atoms with Gasteiger partial charge in [0.25, 0.3) is 0 Å². The number of benzene rings is 2. The van der Waals surface area contributed by atoms with E-state index in [1.807, 2.05) is 36.4 Å². The summed E-state index contributed by atoms with van der Waals surface area (Å²) in [6.45, 7) is 0. The average molecular weight is 266 g/mol. The number of nitrogens with zero attached hydrogens (tertiary/aromatic N) is 3. The zero-order chi connectivity index (χ0) is 14.1. The zero-order valence-electron chi connectivity index (χ0n) is 10.4. The molecule has 2 aromatic carbocycles. The van der Waals surface area contributed by atoms with Gasteiger partial charge in [0, 0.05) is 5.56 Å². The molecule has 0 aliphatic carbocycles. The van der Waals surface area contributed by atoms with Gasteiger partial charge in [-0.05, 0) is 16.8 Å². The Morgan fingerprint density at radius 1 is 1.10 bits per heavy atom. The summed E-state index contributed by atoms with van der Waals surface area (Å²) in [5, 5.41) is 13.1. The average Bonchev–Trinajstić information content (AvgIpc) is 2.46. The van der Waals surface area contributed by atoms with Crippen molar-refractivity contribution in [1.29, 1.82) is 0 Å². The summed E-state index contributed by atoms with van der Waals surface area (Å²) < 4.78 is 0. The molecule has 0 amide bonds. The topological polar surface area (TPSA) is 94.9 Å². The third-order valence-corrected chi connectivity index (χ3v) is 3.01. The second-order valence-corrected chi connectivity index (χ2v) is 4.28. The van der Waals surface area contributed by atoms with Crippen LogP contribution in [0.4, 0.5) is 11.6 Å². The van der Waals surface area contributed by atoms with E-state index >= 15 is 0 Å². The molecule has 0 aliphatic heterocycles. The number of fused-ring (bicyclic) bond motifs is 1. The van der Waals surface area contributed by atoms with Crippen molar-refractivity contribution in [3.63, 3.8) is 0 Å². The predicted octanol–water partition coefficient (Wildman–Crippen LogP) is 2.79. The molecule has 0 radical (unpaired) electrons. The third kappa shape index (κ3) is 2.03. The van der Waals surface area contributed by atoms with Crippen LogP contribution >= 0.6 is 0 Å². The molecule has 1 aromatic heterocycles. The van der Waals surface area contributed by atoms with Crippen molar-refractivity contribution >= 4 is 22.4 Å². The zero-order valence-corrected chi connectivity index (χ0v) is 10.4. The fourth-order valence-electron chi connectivity index (χ4n) is 2.07. The summed E-state index contributed by atoms with van der Waals surface area (Å²) in [6.07, 6.45) is 1.13. The number of nitro groups is 1. The van der Waals surface area contributed by atoms with E-state index < -0.39 is 4.92 Å². The highest BCUT2D eigenvalue weighted by Crippen LogP contribution is 2.29. The van der Waals surface area contributed by atoms with Crippen molar-refractivity contribution < 1.29 is 4.92 Å². The smallest absolute Gasteiger partial charge is 0.313 e. The van der Waals surface area contributed by atoms with E-state index in [-0.39, 0.29) is 17.3 Å². The molecule has 3 rings (SSSR count). The van der Waals surface area contributed by atoms with Gasteiger partial charge in [-0.1, -0.05) is 36.4 Å². The molecule has 0 aliphatic rings. The van der Waals surface area contributed by atoms with Gasteiger partial charge in [-0.25, -0.2) is 9.97 Å². The Morgan fingerprint density at radius 2 is 1.85 bits per heavy atom. The minimum Gasteiger partial charge on any atom is -0.368 e. The fraction of sp³-hybridized carbons (Fsp3) is 0. The quantitative estimate of drug-likeness (QED) is 0.568. The first-order valence-electron chi connectivity index (χ1n) is 5.91. The molecule has 0 atom stereocenters. The predicted molar refractivity (Wildman–Crippen MR) is 76.0 cm³/mol. The van der Waals surface area contributed by atoms with Gasteiger partial charge in [-0.15, -0.1) is 0 Å². The Hall–Kier alpha value is -3.02. The Kier molecular flexibility index (Phi) is 2.76. The molecule has 0 bridgehead atoms. The molecule has 20 heavy (non-hydrogen) atoms. The van der Waals surface area contributed by atoms with Gasteiger partial charge >= 0.3 is 5.69 Å². The second kappa shape index (κ2) is 4.58. The highest BCUT2D eigenvalue weighted by Gasteiger charge is 2.18. The maximum Gasteiger partial charge on any atom is 0.313 e. The molecule has 98 valence electrons. The lowest BCUT2D eigenvalue weighted by molar-refractivity contribution is -0.384. The first-order valence-corrected chi connectivity index (χ1v) is 5.91. The van der Waals surface area contributed by atoms with E-state index in [0.29, 0.717) is 5.56 Å². The molecular formula is C14H10N4O2. The molecule has 0 fully saturated rings. The Labute approximate surface area is 114 Å². The van der Waals surface area contributed by atoms with E-state index in [1.54, 1.807) is 6.07 Å². The van der Waals surface area contributed by atoms with Gasteiger partial charge in [0.2, 0.25) is 5.95 Å². The van der Waals surface area contributed by atoms with Crippen molar-refractivity contribution in [2.75, 3.05) is 5.73 Å². The van der Waals surface area contributed by atoms with Crippen LogP contribution in [0.15, 0.2) is 48.7 Å². The van der Waals surface area contributed by atoms with Crippen LogP contribution in [0.25, 0.3) is 22.0 Å². The van der Waals surface area contributed by atoms with Gasteiger partial charge in [-0.3, -0.25) is 10.1 Å². The molecule has 0 unspecified atom stereocenters. The van der Waals surface area contributed by atoms with Gasteiger partial charge in [0.1, 0.15) is 6.20 Å². The normalized spacial score (nSPS) is 10.6. The standard InChI is InChI=1S/C14H10N4O2/c15-14-16-8-12(18(19)20)13(17-14)11-6-5-9-3-1-2-4-10(9)7-11/h1-8H,(H2,15,16,17). The lowest BCUT2D eigenvalue weighted by Crippen LogP contribution is -2.01. The molecule has 6 heteroatoms. The third-order valence-electron chi connectivity index (χ3n) is 3.01. The number of rotatable bonds is 2. The Balaban J connectivity index is 2.24. The van der Waals surface area contributed by atoms with Crippen molar-refractivity contribution in [2.24, 2.45) is 0 Å². The van der Waals surface area contributed by atoms with Crippen molar-refractivity contribution in [2.45, 2.75) is 0 Å². The summed E-state index contributed by atoms with van der Waals surface area (Å²) >= 11 is 0. The minimum atomic E-state index is -0.510. The van der Waals surface area contributed by atoms with Gasteiger partial charge in [-0.2, -0.15) is 0 Å². The second-order valence-electron chi connectivity index (χ2n) is 4.28. The molecule has 0 spiro atoms. The van der Waals surface area contributed by atoms with E-state index in [0.717, 1.165) is 17.0 Å². The van der Waals surface area contributed by atoms with E-state index in [4.69, 9.17) is 5.73 Å². The fourth-order valence-corrected chi connectivity index (χ4v) is 2.07. The van der Waals surface area contributed by atoms with Crippen LogP contribution in [0.2, 0.25) is 0 Å². The lowest BCUT2D eigenvalue weighted by atomic mass is 10.0. The summed E-state index contributed by atoms with van der Waals surface area (Å²) in [7, 11) is 0. The number of anilines is 1. The van der Waals surface area contributed by atoms with E-state index in [9.17, 15) is 10.1 Å². The lowest BCUT2D eigenvalue weighted by Gasteiger charge is -2.04. The van der Waals surface area contributed by atoms with Crippen molar-refractivity contribution in [3.05, 3.63) is 58.8 Å². The van der Waals surface area contributed by atoms with Crippen LogP contribution in [0.3, 0.4) is 0 Å². The summed E-state index contributed by atoms with van der Waals surface area (Å²) in [5.74, 6) is 0.0127. The van der Waals surface area contributed by atoms with Gasteiger partial charge < -0.3 is 5.73 Å². The molecule has 3 aromatic rings. The monoisotopic (exact) mass is 266 g/mol. The van der Waals surface area contributed by atoms with Crippen LogP contribution in [-0.4, -0.2) is 14.9 Å². The van der Waals surface area contributed by atoms with E-state index in [2.05, 4.69) is 9.97 Å². The highest BCUT2D eigenvalue weighted by atomic mass is 16.6. The van der Waals surface area contributed by atoms with Gasteiger partial charge in [0.15, 0.2) is 5.69 Å². The first-order chi connectivity index (χ1) is 9.65. The number of aromatic nitrogens is 2. The van der Waals surface area contributed by atoms with Crippen LogP contribution in [-0.2, 0) is 0 Å². The van der Waals surface area contributed by atoms with Gasteiger partial charge in [0.05, 0.1) is 4.92 Å². The maximum atomic E-state index is 11.1. The first kappa shape index (κ1) is 12.0. The number of hydrogen-bond acceptors (Lipinski definition) is 5. The largest absolute Gasteiger partial charge is 0.368 e. The summed E-state index contributed by atoms with van der Waals surface area (Å²) in [4.78, 5) is 18.2. The van der Waals surface area contributed by atoms with Crippen LogP contribution in [0, 0.1) is 10.1 Å². The minimum absolute atomic E-state index is 0.0127. The molecule has 6 nitrogen and oxygen atoms in total. The van der Waals surface area contributed by atoms with Crippen molar-refractivity contribution in [1.82, 2.24) is 9.97 Å². The Morgan fingerprint density at radius 3 is 2.60 bits per heavy atom.